The topological polar surface area (TPSA) is 106 Å². The van der Waals surface area contributed by atoms with Gasteiger partial charge in [-0.25, -0.2) is 4.67 Å². The fraction of sp³-hybridized carbons (Fsp3) is 0.652. The molecule has 0 fully saturated rings. The number of carbonyl (C=O) groups excluding carboxylic acids is 1. The molecule has 2 unspecified atom stereocenters. The van der Waals surface area contributed by atoms with E-state index < -0.39 is 19.6 Å². The third-order valence-electron chi connectivity index (χ3n) is 4.81. The maximum absolute atomic E-state index is 12.0. The molecule has 1 aromatic carbocycles. The molecule has 0 aromatic heterocycles. The maximum atomic E-state index is 12.0. The number of unbranched alkanes of at least 4 members (excludes halogenated alkanes) is 1. The number of hydrogen-bond acceptors (Lipinski definition) is 7. The second-order valence-electron chi connectivity index (χ2n) is 7.68. The number of nitrogens with one attached hydrogen (secondary N) is 1. The van der Waals surface area contributed by atoms with Gasteiger partial charge in [-0.3, -0.25) is 19.9 Å². The summed E-state index contributed by atoms with van der Waals surface area (Å²) in [6, 6.07) is 4.88. The van der Waals surface area contributed by atoms with E-state index in [1.54, 1.807) is 19.1 Å². The Morgan fingerprint density at radius 2 is 1.94 bits per heavy atom. The summed E-state index contributed by atoms with van der Waals surface area (Å²) in [5.41, 5.74) is 1.22. The van der Waals surface area contributed by atoms with Crippen molar-refractivity contribution in [2.24, 2.45) is 4.99 Å². The molecule has 0 bridgehead atoms. The smallest absolute Gasteiger partial charge is 0.322 e. The number of hydrogen-bond donors (Lipinski definition) is 1. The zero-order valence-corrected chi connectivity index (χ0v) is 21.5. The summed E-state index contributed by atoms with van der Waals surface area (Å²) in [5.74, 6) is -0.0250. The molecule has 10 heteroatoms. The van der Waals surface area contributed by atoms with Crippen molar-refractivity contribution in [3.8, 4) is 0 Å². The number of benzene rings is 1. The normalized spacial score (nSPS) is 13.3. The van der Waals surface area contributed by atoms with E-state index in [1.807, 2.05) is 13.8 Å². The van der Waals surface area contributed by atoms with E-state index in [4.69, 9.17) is 9.05 Å². The van der Waals surface area contributed by atoms with E-state index in [2.05, 4.69) is 28.8 Å². The van der Waals surface area contributed by atoms with Crippen LogP contribution in [-0.4, -0.2) is 41.5 Å². The van der Waals surface area contributed by atoms with Gasteiger partial charge in [-0.05, 0) is 44.7 Å². The molecule has 0 spiro atoms. The van der Waals surface area contributed by atoms with Crippen molar-refractivity contribution in [2.75, 3.05) is 19.6 Å². The Hall–Kier alpha value is -2.09. The molecule has 0 aliphatic heterocycles. The third kappa shape index (κ3) is 10.6. The highest BCUT2D eigenvalue weighted by molar-refractivity contribution is 7.45. The van der Waals surface area contributed by atoms with Crippen LogP contribution in [0.15, 0.2) is 23.2 Å². The molecular formula is C23H39N4O5P. The Morgan fingerprint density at radius 3 is 2.52 bits per heavy atom. The predicted molar refractivity (Wildman–Crippen MR) is 133 cm³/mol. The molecule has 186 valence electrons. The maximum Gasteiger partial charge on any atom is 0.322 e. The summed E-state index contributed by atoms with van der Waals surface area (Å²) in [7, 11) is -1.49. The highest BCUT2D eigenvalue weighted by atomic mass is 31.2. The average molecular weight is 483 g/mol. The first kappa shape index (κ1) is 28.9. The van der Waals surface area contributed by atoms with E-state index in [0.717, 1.165) is 44.3 Å². The Kier molecular flexibility index (Phi) is 14.5. The van der Waals surface area contributed by atoms with Gasteiger partial charge in [-0.15, -0.1) is 0 Å². The SMILES string of the molecule is CCCCC(=O)NCc1ccc([N+](=O)[O-])c(C(C)OP(OC=NCC)N(CCC)CCC)c1. The first-order valence-corrected chi connectivity index (χ1v) is 12.9. The third-order valence-corrected chi connectivity index (χ3v) is 6.44. The van der Waals surface area contributed by atoms with Gasteiger partial charge in [0.05, 0.1) is 16.6 Å². The lowest BCUT2D eigenvalue weighted by atomic mass is 10.0. The van der Waals surface area contributed by atoms with Gasteiger partial charge in [0, 0.05) is 38.7 Å². The quantitative estimate of drug-likeness (QED) is 0.0975. The van der Waals surface area contributed by atoms with Crippen molar-refractivity contribution < 1.29 is 18.8 Å². The molecule has 1 aromatic rings. The van der Waals surface area contributed by atoms with Crippen LogP contribution >= 0.6 is 8.53 Å². The molecular weight excluding hydrogens is 443 g/mol. The Morgan fingerprint density at radius 1 is 1.24 bits per heavy atom. The minimum Gasteiger partial charge on any atom is -0.425 e. The van der Waals surface area contributed by atoms with E-state index in [0.29, 0.717) is 25.1 Å². The van der Waals surface area contributed by atoms with Crippen molar-refractivity contribution in [1.29, 1.82) is 0 Å². The Labute approximate surface area is 199 Å². The van der Waals surface area contributed by atoms with Gasteiger partial charge >= 0.3 is 8.53 Å². The van der Waals surface area contributed by atoms with Crippen LogP contribution in [0.3, 0.4) is 0 Å². The molecule has 1 amide bonds. The molecule has 0 heterocycles. The fourth-order valence-corrected chi connectivity index (χ4v) is 4.70. The number of carbonyl (C=O) groups is 1. The van der Waals surface area contributed by atoms with Crippen LogP contribution in [0.1, 0.15) is 84.0 Å². The van der Waals surface area contributed by atoms with Crippen molar-refractivity contribution in [3.05, 3.63) is 39.4 Å². The standard InChI is InChI=1S/C23H39N4O5P/c1-6-10-11-23(28)25-17-20-12-13-22(27(29)30)21(16-20)19(5)32-33(31-18-24-9-4)26(14-7-2)15-8-3/h12-13,16,18-19H,6-11,14-15,17H2,1-5H3,(H,25,28). The summed E-state index contributed by atoms with van der Waals surface area (Å²) in [5, 5.41) is 14.6. The minimum absolute atomic E-state index is 0.0155. The van der Waals surface area contributed by atoms with Crippen LogP contribution in [0, 0.1) is 10.1 Å². The zero-order valence-electron chi connectivity index (χ0n) is 20.6. The average Bonchev–Trinajstić information content (AvgIpc) is 2.80. The molecule has 0 radical (unpaired) electrons. The van der Waals surface area contributed by atoms with Gasteiger partial charge < -0.3 is 14.4 Å². The molecule has 2 atom stereocenters. The summed E-state index contributed by atoms with van der Waals surface area (Å²) >= 11 is 0. The van der Waals surface area contributed by atoms with Crippen LogP contribution in [0.2, 0.25) is 0 Å². The van der Waals surface area contributed by atoms with Crippen LogP contribution in [0.25, 0.3) is 0 Å². The van der Waals surface area contributed by atoms with Crippen molar-refractivity contribution in [3.63, 3.8) is 0 Å². The number of nitrogens with zero attached hydrogens (tertiary/aromatic N) is 3. The number of amides is 1. The van der Waals surface area contributed by atoms with Gasteiger partial charge in [-0.2, -0.15) is 0 Å². The predicted octanol–water partition coefficient (Wildman–Crippen LogP) is 5.89. The van der Waals surface area contributed by atoms with E-state index in [-0.39, 0.29) is 11.6 Å². The van der Waals surface area contributed by atoms with Gasteiger partial charge in [0.2, 0.25) is 5.91 Å². The molecule has 1 rings (SSSR count). The lowest BCUT2D eigenvalue weighted by Crippen LogP contribution is -2.23. The van der Waals surface area contributed by atoms with Gasteiger partial charge in [-0.1, -0.05) is 33.3 Å². The van der Waals surface area contributed by atoms with Gasteiger partial charge in [0.1, 0.15) is 0 Å². The monoisotopic (exact) mass is 482 g/mol. The lowest BCUT2D eigenvalue weighted by Gasteiger charge is -2.29. The highest BCUT2D eigenvalue weighted by Crippen LogP contribution is 2.47. The molecule has 0 aliphatic carbocycles. The van der Waals surface area contributed by atoms with Crippen LogP contribution < -0.4 is 5.32 Å². The summed E-state index contributed by atoms with van der Waals surface area (Å²) in [4.78, 5) is 27.4. The second-order valence-corrected chi connectivity index (χ2v) is 9.14. The highest BCUT2D eigenvalue weighted by Gasteiger charge is 2.28. The first-order valence-electron chi connectivity index (χ1n) is 11.8. The van der Waals surface area contributed by atoms with Crippen LogP contribution in [0.4, 0.5) is 5.69 Å². The van der Waals surface area contributed by atoms with Crippen LogP contribution in [-0.2, 0) is 20.4 Å². The molecule has 0 saturated heterocycles. The summed E-state index contributed by atoms with van der Waals surface area (Å²) < 4.78 is 14.2. The summed E-state index contributed by atoms with van der Waals surface area (Å²) in [6.45, 7) is 12.4. The molecule has 1 N–H and O–H groups in total. The molecule has 9 nitrogen and oxygen atoms in total. The van der Waals surface area contributed by atoms with Crippen molar-refractivity contribution in [1.82, 2.24) is 9.99 Å². The van der Waals surface area contributed by atoms with Gasteiger partial charge in [0.15, 0.2) is 6.40 Å². The first-order chi connectivity index (χ1) is 15.9. The lowest BCUT2D eigenvalue weighted by molar-refractivity contribution is -0.386. The van der Waals surface area contributed by atoms with E-state index in [9.17, 15) is 14.9 Å². The zero-order chi connectivity index (χ0) is 24.6. The van der Waals surface area contributed by atoms with Crippen molar-refractivity contribution in [2.45, 2.75) is 79.4 Å². The largest absolute Gasteiger partial charge is 0.425 e. The molecule has 33 heavy (non-hydrogen) atoms. The second kappa shape index (κ2) is 16.5. The van der Waals surface area contributed by atoms with E-state index in [1.165, 1.54) is 12.5 Å². The molecule has 0 saturated carbocycles. The minimum atomic E-state index is -1.49. The van der Waals surface area contributed by atoms with Gasteiger partial charge in [0.25, 0.3) is 5.69 Å². The summed E-state index contributed by atoms with van der Waals surface area (Å²) in [6.07, 6.45) is 4.94. The fourth-order valence-electron chi connectivity index (χ4n) is 3.12. The number of nitro benzene ring substituents is 1. The Balaban J connectivity index is 3.09. The number of aliphatic imine (C=N–C) groups is 1. The number of nitro groups is 1. The van der Waals surface area contributed by atoms with Crippen molar-refractivity contribution >= 4 is 26.5 Å². The van der Waals surface area contributed by atoms with Crippen LogP contribution in [0.5, 0.6) is 0 Å². The van der Waals surface area contributed by atoms with E-state index >= 15 is 0 Å². The Bertz CT molecular complexity index is 756. The number of rotatable bonds is 17. The molecule has 0 aliphatic rings.